The molecule has 1 unspecified atom stereocenters. The Kier molecular flexibility index (Phi) is 3.96. The molecule has 0 aliphatic carbocycles. The normalized spacial score (nSPS) is 19.9. The fourth-order valence-corrected chi connectivity index (χ4v) is 5.04. The van der Waals surface area contributed by atoms with Crippen LogP contribution in [-0.4, -0.2) is 5.91 Å². The lowest BCUT2D eigenvalue weighted by atomic mass is 9.96. The zero-order valence-electron chi connectivity index (χ0n) is 14.5. The number of para-hydroxylation sites is 1. The van der Waals surface area contributed by atoms with Crippen molar-refractivity contribution in [1.82, 2.24) is 0 Å². The molecule has 3 aromatic rings. The van der Waals surface area contributed by atoms with Crippen molar-refractivity contribution < 1.29 is 9.18 Å². The lowest BCUT2D eigenvalue weighted by molar-refractivity contribution is -0.116. The molecule has 2 aliphatic heterocycles. The van der Waals surface area contributed by atoms with E-state index in [4.69, 9.17) is 11.6 Å². The van der Waals surface area contributed by atoms with Crippen LogP contribution in [0.25, 0.3) is 5.70 Å². The van der Waals surface area contributed by atoms with Crippen LogP contribution in [0, 0.1) is 5.82 Å². The maximum Gasteiger partial charge on any atom is 0.249 e. The van der Waals surface area contributed by atoms with Crippen molar-refractivity contribution in [3.63, 3.8) is 0 Å². The Bertz CT molecular complexity index is 1150. The average molecular weight is 409 g/mol. The van der Waals surface area contributed by atoms with E-state index in [0.717, 1.165) is 33.1 Å². The molecule has 28 heavy (non-hydrogen) atoms. The zero-order chi connectivity index (χ0) is 19.3. The zero-order valence-corrected chi connectivity index (χ0v) is 16.1. The summed E-state index contributed by atoms with van der Waals surface area (Å²) < 4.78 is 12.5. The van der Waals surface area contributed by atoms with E-state index in [2.05, 4.69) is 10.6 Å². The van der Waals surface area contributed by atoms with Gasteiger partial charge < -0.3 is 10.6 Å². The number of fused-ring (bicyclic) bond motifs is 3. The number of carbonyl (C=O) groups excluding carboxylic acids is 1. The van der Waals surface area contributed by atoms with Crippen molar-refractivity contribution in [2.45, 2.75) is 9.64 Å². The highest BCUT2D eigenvalue weighted by molar-refractivity contribution is 8.01. The van der Waals surface area contributed by atoms with Crippen LogP contribution in [0.2, 0.25) is 5.02 Å². The molecule has 3 nitrogen and oxygen atoms in total. The molecule has 5 rings (SSSR count). The van der Waals surface area contributed by atoms with Gasteiger partial charge in [-0.25, -0.2) is 4.39 Å². The van der Waals surface area contributed by atoms with E-state index in [-0.39, 0.29) is 11.7 Å². The Morgan fingerprint density at radius 3 is 2.54 bits per heavy atom. The number of anilines is 2. The molecule has 0 saturated heterocycles. The summed E-state index contributed by atoms with van der Waals surface area (Å²) in [5.74, 6) is -0.419. The Hall–Kier alpha value is -2.76. The largest absolute Gasteiger partial charge is 0.354 e. The van der Waals surface area contributed by atoms with Gasteiger partial charge in [0.1, 0.15) is 10.6 Å². The van der Waals surface area contributed by atoms with E-state index >= 15 is 0 Å². The monoisotopic (exact) mass is 408 g/mol. The smallest absolute Gasteiger partial charge is 0.249 e. The van der Waals surface area contributed by atoms with Crippen molar-refractivity contribution in [1.29, 1.82) is 0 Å². The van der Waals surface area contributed by atoms with Gasteiger partial charge in [0.05, 0.1) is 5.69 Å². The Balaban J connectivity index is 1.76. The van der Waals surface area contributed by atoms with Crippen molar-refractivity contribution in [3.05, 3.63) is 94.8 Å². The Morgan fingerprint density at radius 2 is 1.71 bits per heavy atom. The third-order valence-corrected chi connectivity index (χ3v) is 6.55. The molecule has 1 amide bonds. The third kappa shape index (κ3) is 2.70. The predicted octanol–water partition coefficient (Wildman–Crippen LogP) is 5.89. The second-order valence-electron chi connectivity index (χ2n) is 6.67. The van der Waals surface area contributed by atoms with E-state index in [9.17, 15) is 9.18 Å². The first-order valence-electron chi connectivity index (χ1n) is 8.70. The summed E-state index contributed by atoms with van der Waals surface area (Å²) in [6.45, 7) is 0. The molecule has 3 aromatic carbocycles. The summed E-state index contributed by atoms with van der Waals surface area (Å²) in [5, 5.41) is 6.98. The van der Waals surface area contributed by atoms with Crippen molar-refractivity contribution in [3.8, 4) is 0 Å². The number of halogens is 2. The number of carbonyl (C=O) groups is 1. The van der Waals surface area contributed by atoms with Gasteiger partial charge in [0.25, 0.3) is 0 Å². The molecule has 2 aliphatic rings. The summed E-state index contributed by atoms with van der Waals surface area (Å²) >= 11 is 7.67. The fraction of sp³-hybridized carbons (Fsp3) is 0.0455. The van der Waals surface area contributed by atoms with Crippen LogP contribution in [0.1, 0.15) is 11.1 Å². The third-order valence-electron chi connectivity index (χ3n) is 4.90. The molecular weight excluding hydrogens is 395 g/mol. The first kappa shape index (κ1) is 17.3. The summed E-state index contributed by atoms with van der Waals surface area (Å²) in [4.78, 5) is 14.1. The number of hydrogen-bond donors (Lipinski definition) is 2. The second-order valence-corrected chi connectivity index (χ2v) is 8.39. The first-order valence-corrected chi connectivity index (χ1v) is 9.90. The number of rotatable bonds is 1. The minimum Gasteiger partial charge on any atom is -0.354 e. The predicted molar refractivity (Wildman–Crippen MR) is 112 cm³/mol. The number of benzene rings is 3. The second kappa shape index (κ2) is 6.40. The van der Waals surface area contributed by atoms with Gasteiger partial charge in [0, 0.05) is 26.9 Å². The van der Waals surface area contributed by atoms with Crippen molar-refractivity contribution in [2.24, 2.45) is 0 Å². The summed E-state index contributed by atoms with van der Waals surface area (Å²) in [7, 11) is 0. The van der Waals surface area contributed by atoms with Crippen LogP contribution in [0.5, 0.6) is 0 Å². The van der Waals surface area contributed by atoms with Crippen LogP contribution >= 0.6 is 23.4 Å². The molecule has 0 aromatic heterocycles. The molecule has 0 radical (unpaired) electrons. The van der Waals surface area contributed by atoms with Crippen LogP contribution < -0.4 is 10.6 Å². The molecule has 1 spiro atoms. The highest BCUT2D eigenvalue weighted by Crippen LogP contribution is 2.54. The van der Waals surface area contributed by atoms with Crippen LogP contribution in [0.3, 0.4) is 0 Å². The SMILES string of the molecule is O=C1Nc2ccccc2C12C=C(c1ccc(F)cc1)Nc1cc(Cl)ccc1S2. The van der Waals surface area contributed by atoms with E-state index in [0.29, 0.717) is 5.02 Å². The Morgan fingerprint density at radius 1 is 0.929 bits per heavy atom. The van der Waals surface area contributed by atoms with Gasteiger partial charge in [-0.05, 0) is 48.0 Å². The molecule has 2 heterocycles. The lowest BCUT2D eigenvalue weighted by Crippen LogP contribution is -2.29. The van der Waals surface area contributed by atoms with Crippen molar-refractivity contribution >= 4 is 46.3 Å². The van der Waals surface area contributed by atoms with Gasteiger partial charge in [-0.3, -0.25) is 4.79 Å². The lowest BCUT2D eigenvalue weighted by Gasteiger charge is -2.22. The molecule has 0 fully saturated rings. The van der Waals surface area contributed by atoms with E-state index in [1.54, 1.807) is 12.1 Å². The number of nitrogens with one attached hydrogen (secondary N) is 2. The highest BCUT2D eigenvalue weighted by atomic mass is 35.5. The van der Waals surface area contributed by atoms with Gasteiger partial charge in [-0.1, -0.05) is 53.7 Å². The molecule has 138 valence electrons. The van der Waals surface area contributed by atoms with Crippen LogP contribution in [-0.2, 0) is 9.54 Å². The molecule has 6 heteroatoms. The fourth-order valence-electron chi connectivity index (χ4n) is 3.56. The van der Waals surface area contributed by atoms with E-state index in [1.807, 2.05) is 48.5 Å². The summed E-state index contributed by atoms with van der Waals surface area (Å²) in [5.41, 5.74) is 4.01. The molecule has 0 saturated carbocycles. The molecular formula is C22H14ClFN2OS. The molecule has 0 bridgehead atoms. The maximum absolute atomic E-state index is 13.5. The van der Waals surface area contributed by atoms with Gasteiger partial charge in [0.2, 0.25) is 5.91 Å². The minimum atomic E-state index is -0.938. The Labute approximate surface area is 170 Å². The number of hydrogen-bond acceptors (Lipinski definition) is 3. The van der Waals surface area contributed by atoms with E-state index < -0.39 is 4.75 Å². The number of thioether (sulfide) groups is 1. The molecule has 2 N–H and O–H groups in total. The topological polar surface area (TPSA) is 41.1 Å². The minimum absolute atomic E-state index is 0.108. The van der Waals surface area contributed by atoms with Crippen molar-refractivity contribution in [2.75, 3.05) is 10.6 Å². The quantitative estimate of drug-likeness (QED) is 0.527. The first-order chi connectivity index (χ1) is 13.5. The van der Waals surface area contributed by atoms with Gasteiger partial charge in [-0.2, -0.15) is 0 Å². The summed E-state index contributed by atoms with van der Waals surface area (Å²) in [6, 6.07) is 19.4. The highest BCUT2D eigenvalue weighted by Gasteiger charge is 2.48. The standard InChI is InChI=1S/C22H14ClFN2OS/c23-14-7-10-20-18(11-14)25-19(13-5-8-15(24)9-6-13)12-22(28-20)16-3-1-2-4-17(16)26-21(22)27/h1-12,25H,(H,26,27). The summed E-state index contributed by atoms with van der Waals surface area (Å²) in [6.07, 6.45) is 1.92. The van der Waals surface area contributed by atoms with Gasteiger partial charge >= 0.3 is 0 Å². The number of amides is 1. The average Bonchev–Trinajstić information content (AvgIpc) is 2.84. The molecule has 1 atom stereocenters. The van der Waals surface area contributed by atoms with Crippen LogP contribution in [0.15, 0.2) is 77.7 Å². The maximum atomic E-state index is 13.5. The van der Waals surface area contributed by atoms with Gasteiger partial charge in [0.15, 0.2) is 0 Å². The van der Waals surface area contributed by atoms with E-state index in [1.165, 1.54) is 23.9 Å². The van der Waals surface area contributed by atoms with Crippen LogP contribution in [0.4, 0.5) is 15.8 Å². The van der Waals surface area contributed by atoms with Gasteiger partial charge in [-0.15, -0.1) is 0 Å².